The smallest absolute Gasteiger partial charge is 0.191 e. The van der Waals surface area contributed by atoms with E-state index in [9.17, 15) is 4.39 Å². The van der Waals surface area contributed by atoms with Crippen LogP contribution in [0.5, 0.6) is 5.75 Å². The molecule has 4 nitrogen and oxygen atoms in total. The first kappa shape index (κ1) is 16.9. The molecule has 0 unspecified atom stereocenters. The fourth-order valence-electron chi connectivity index (χ4n) is 1.78. The van der Waals surface area contributed by atoms with Crippen LogP contribution in [0.4, 0.5) is 10.1 Å². The average molecular weight is 331 g/mol. The number of hydrogen-bond donors (Lipinski definition) is 2. The second-order valence-electron chi connectivity index (χ2n) is 4.72. The molecule has 2 N–H and O–H groups in total. The minimum atomic E-state index is -0.295. The van der Waals surface area contributed by atoms with Crippen LogP contribution in [0.2, 0.25) is 0 Å². The fourth-order valence-corrected chi connectivity index (χ4v) is 1.95. The lowest BCUT2D eigenvalue weighted by molar-refractivity contribution is 0.317. The Morgan fingerprint density at radius 3 is 2.70 bits per heavy atom. The summed E-state index contributed by atoms with van der Waals surface area (Å²) in [5, 5.41) is 7.32. The number of nitrogens with one attached hydrogen (secondary N) is 2. The molecular weight excluding hydrogens is 313 g/mol. The van der Waals surface area contributed by atoms with E-state index >= 15 is 0 Å². The predicted molar refractivity (Wildman–Crippen MR) is 95.6 cm³/mol. The van der Waals surface area contributed by atoms with Crippen molar-refractivity contribution < 1.29 is 9.13 Å². The average Bonchev–Trinajstić information content (AvgIpc) is 2.56. The van der Waals surface area contributed by atoms with Crippen LogP contribution < -0.4 is 15.5 Å². The summed E-state index contributed by atoms with van der Waals surface area (Å²) >= 11 is 5.13. The molecule has 2 aromatic carbocycles. The topological polar surface area (TPSA) is 45.6 Å². The number of thiocarbonyl (C=S) groups is 1. The van der Waals surface area contributed by atoms with E-state index in [1.807, 2.05) is 24.3 Å². The summed E-state index contributed by atoms with van der Waals surface area (Å²) in [6, 6.07) is 13.5. The van der Waals surface area contributed by atoms with E-state index in [4.69, 9.17) is 17.0 Å². The molecule has 0 heterocycles. The lowest BCUT2D eigenvalue weighted by atomic mass is 10.2. The number of anilines is 1. The van der Waals surface area contributed by atoms with Gasteiger partial charge in [0.25, 0.3) is 0 Å². The lowest BCUT2D eigenvalue weighted by Gasteiger charge is -2.08. The van der Waals surface area contributed by atoms with Crippen LogP contribution in [0.25, 0.3) is 0 Å². The van der Waals surface area contributed by atoms with Gasteiger partial charge in [0.2, 0.25) is 0 Å². The Morgan fingerprint density at radius 2 is 1.96 bits per heavy atom. The van der Waals surface area contributed by atoms with Gasteiger partial charge >= 0.3 is 0 Å². The molecule has 6 heteroatoms. The van der Waals surface area contributed by atoms with Crippen LogP contribution in [-0.4, -0.2) is 17.9 Å². The Kier molecular flexibility index (Phi) is 6.50. The van der Waals surface area contributed by atoms with Crippen molar-refractivity contribution in [3.63, 3.8) is 0 Å². The predicted octanol–water partition coefficient (Wildman–Crippen LogP) is 3.94. The second-order valence-corrected chi connectivity index (χ2v) is 5.13. The number of para-hydroxylation sites is 1. The molecule has 0 spiro atoms. The standard InChI is InChI=1S/C17H18FN3OS/c1-2-11-22-16-6-4-3-5-13(16)12-19-21-17(23)20-15-9-7-14(18)8-10-15/h3-10,12H,2,11H2,1H3,(H2,20,21,23)/b19-12-. The van der Waals surface area contributed by atoms with E-state index in [2.05, 4.69) is 22.8 Å². The van der Waals surface area contributed by atoms with Crippen molar-refractivity contribution in [3.8, 4) is 5.75 Å². The maximum Gasteiger partial charge on any atom is 0.191 e. The summed E-state index contributed by atoms with van der Waals surface area (Å²) < 4.78 is 18.5. The number of benzene rings is 2. The van der Waals surface area contributed by atoms with Gasteiger partial charge in [-0.25, -0.2) is 4.39 Å². The van der Waals surface area contributed by atoms with Gasteiger partial charge in [-0.1, -0.05) is 19.1 Å². The molecule has 2 aromatic rings. The summed E-state index contributed by atoms with van der Waals surface area (Å²) in [6.07, 6.45) is 2.58. The SMILES string of the molecule is CCCOc1ccccc1/C=N\NC(=S)Nc1ccc(F)cc1. The monoisotopic (exact) mass is 331 g/mol. The molecule has 0 aromatic heterocycles. The molecule has 0 aliphatic heterocycles. The summed E-state index contributed by atoms with van der Waals surface area (Å²) in [6.45, 7) is 2.71. The highest BCUT2D eigenvalue weighted by molar-refractivity contribution is 7.80. The molecular formula is C17H18FN3OS. The van der Waals surface area contributed by atoms with Crippen LogP contribution in [-0.2, 0) is 0 Å². The van der Waals surface area contributed by atoms with Gasteiger partial charge in [-0.2, -0.15) is 5.10 Å². The maximum absolute atomic E-state index is 12.8. The maximum atomic E-state index is 12.8. The molecule has 0 aliphatic carbocycles. The third-order valence-corrected chi connectivity index (χ3v) is 3.05. The number of ether oxygens (including phenoxy) is 1. The van der Waals surface area contributed by atoms with Gasteiger partial charge < -0.3 is 10.1 Å². The normalized spacial score (nSPS) is 10.5. The Labute approximate surface area is 140 Å². The van der Waals surface area contributed by atoms with Crippen molar-refractivity contribution in [2.24, 2.45) is 5.10 Å². The number of halogens is 1. The minimum absolute atomic E-state index is 0.295. The zero-order chi connectivity index (χ0) is 16.5. The van der Waals surface area contributed by atoms with E-state index in [1.165, 1.54) is 12.1 Å². The van der Waals surface area contributed by atoms with Gasteiger partial charge in [0.1, 0.15) is 11.6 Å². The van der Waals surface area contributed by atoms with Gasteiger partial charge in [-0.05, 0) is 55.0 Å². The largest absolute Gasteiger partial charge is 0.493 e. The number of rotatable bonds is 6. The highest BCUT2D eigenvalue weighted by Crippen LogP contribution is 2.15. The van der Waals surface area contributed by atoms with Crippen LogP contribution in [0.15, 0.2) is 53.6 Å². The molecule has 120 valence electrons. The van der Waals surface area contributed by atoms with Crippen molar-refractivity contribution in [2.45, 2.75) is 13.3 Å². The second kappa shape index (κ2) is 8.85. The third-order valence-electron chi connectivity index (χ3n) is 2.85. The number of nitrogens with zero attached hydrogens (tertiary/aromatic N) is 1. The van der Waals surface area contributed by atoms with Crippen molar-refractivity contribution in [3.05, 3.63) is 59.9 Å². The molecule has 0 atom stereocenters. The van der Waals surface area contributed by atoms with E-state index in [0.717, 1.165) is 17.7 Å². The van der Waals surface area contributed by atoms with Crippen LogP contribution in [0, 0.1) is 5.82 Å². The summed E-state index contributed by atoms with van der Waals surface area (Å²) in [4.78, 5) is 0. The zero-order valence-corrected chi connectivity index (χ0v) is 13.6. The van der Waals surface area contributed by atoms with Gasteiger partial charge in [0.05, 0.1) is 12.8 Å². The molecule has 0 amide bonds. The van der Waals surface area contributed by atoms with E-state index in [1.54, 1.807) is 18.3 Å². The highest BCUT2D eigenvalue weighted by atomic mass is 32.1. The van der Waals surface area contributed by atoms with Gasteiger partial charge in [-0.3, -0.25) is 5.43 Å². The summed E-state index contributed by atoms with van der Waals surface area (Å²) in [5.74, 6) is 0.480. The van der Waals surface area contributed by atoms with Crippen molar-refractivity contribution in [1.82, 2.24) is 5.43 Å². The Morgan fingerprint density at radius 1 is 1.22 bits per heavy atom. The summed E-state index contributed by atoms with van der Waals surface area (Å²) in [7, 11) is 0. The fraction of sp³-hybridized carbons (Fsp3) is 0.176. The van der Waals surface area contributed by atoms with Crippen LogP contribution in [0.1, 0.15) is 18.9 Å². The molecule has 0 fully saturated rings. The molecule has 0 bridgehead atoms. The molecule has 0 aliphatic rings. The first-order valence-corrected chi connectivity index (χ1v) is 7.67. The van der Waals surface area contributed by atoms with Crippen LogP contribution >= 0.6 is 12.2 Å². The quantitative estimate of drug-likeness (QED) is 0.478. The van der Waals surface area contributed by atoms with Gasteiger partial charge in [0.15, 0.2) is 5.11 Å². The summed E-state index contributed by atoms with van der Waals surface area (Å²) in [5.41, 5.74) is 4.26. The Bertz CT molecular complexity index is 674. The van der Waals surface area contributed by atoms with E-state index < -0.39 is 0 Å². The van der Waals surface area contributed by atoms with Crippen molar-refractivity contribution in [2.75, 3.05) is 11.9 Å². The molecule has 2 rings (SSSR count). The van der Waals surface area contributed by atoms with Crippen LogP contribution in [0.3, 0.4) is 0 Å². The Balaban J connectivity index is 1.91. The zero-order valence-electron chi connectivity index (χ0n) is 12.8. The van der Waals surface area contributed by atoms with E-state index in [0.29, 0.717) is 17.4 Å². The molecule has 0 saturated carbocycles. The first-order chi connectivity index (χ1) is 11.2. The lowest BCUT2D eigenvalue weighted by Crippen LogP contribution is -2.23. The molecule has 0 saturated heterocycles. The minimum Gasteiger partial charge on any atom is -0.493 e. The van der Waals surface area contributed by atoms with E-state index in [-0.39, 0.29) is 5.82 Å². The highest BCUT2D eigenvalue weighted by Gasteiger charge is 2.00. The van der Waals surface area contributed by atoms with Crippen molar-refractivity contribution >= 4 is 29.2 Å². The van der Waals surface area contributed by atoms with Gasteiger partial charge in [0, 0.05) is 11.3 Å². The van der Waals surface area contributed by atoms with Crippen molar-refractivity contribution in [1.29, 1.82) is 0 Å². The Hall–Kier alpha value is -2.47. The molecule has 23 heavy (non-hydrogen) atoms. The number of hydrazone groups is 1. The third kappa shape index (κ3) is 5.67. The molecule has 0 radical (unpaired) electrons. The van der Waals surface area contributed by atoms with Gasteiger partial charge in [-0.15, -0.1) is 0 Å². The first-order valence-electron chi connectivity index (χ1n) is 7.26. The number of hydrogen-bond acceptors (Lipinski definition) is 3.